The second-order valence-corrected chi connectivity index (χ2v) is 7.57. The van der Waals surface area contributed by atoms with E-state index in [1.54, 1.807) is 30.3 Å². The van der Waals surface area contributed by atoms with Gasteiger partial charge < -0.3 is 15.5 Å². The molecule has 0 saturated carbocycles. The maximum absolute atomic E-state index is 12.5. The Labute approximate surface area is 162 Å². The van der Waals surface area contributed by atoms with Crippen LogP contribution in [0.2, 0.25) is 0 Å². The minimum absolute atomic E-state index is 0.0468. The summed E-state index contributed by atoms with van der Waals surface area (Å²) in [4.78, 5) is 37.1. The molecule has 1 amide bonds. The molecule has 0 aliphatic heterocycles. The number of ketones is 2. The van der Waals surface area contributed by atoms with E-state index in [1.165, 1.54) is 18.2 Å². The van der Waals surface area contributed by atoms with Gasteiger partial charge in [-0.1, -0.05) is 50.2 Å². The third-order valence-corrected chi connectivity index (χ3v) is 4.72. The van der Waals surface area contributed by atoms with E-state index in [0.29, 0.717) is 5.56 Å². The minimum atomic E-state index is -0.726. The first-order valence-corrected chi connectivity index (χ1v) is 8.88. The first kappa shape index (κ1) is 19.4. The predicted molar refractivity (Wildman–Crippen MR) is 104 cm³/mol. The summed E-state index contributed by atoms with van der Waals surface area (Å²) in [5.74, 6) is -2.13. The van der Waals surface area contributed by atoms with Gasteiger partial charge in [0.2, 0.25) is 11.6 Å². The van der Waals surface area contributed by atoms with Gasteiger partial charge in [0.25, 0.3) is 5.91 Å². The summed E-state index contributed by atoms with van der Waals surface area (Å²) < 4.78 is 0. The zero-order valence-corrected chi connectivity index (χ0v) is 15.7. The number of aliphatic hydroxyl groups is 1. The van der Waals surface area contributed by atoms with E-state index in [1.807, 2.05) is 13.8 Å². The van der Waals surface area contributed by atoms with E-state index < -0.39 is 22.9 Å². The van der Waals surface area contributed by atoms with Crippen LogP contribution in [-0.2, 0) is 4.79 Å². The molecule has 0 atom stereocenters. The molecular formula is C22H21NO5. The summed E-state index contributed by atoms with van der Waals surface area (Å²) in [5, 5.41) is 23.1. The molecule has 6 nitrogen and oxygen atoms in total. The quantitative estimate of drug-likeness (QED) is 0.692. The Balaban J connectivity index is 1.78. The topological polar surface area (TPSA) is 104 Å². The highest BCUT2D eigenvalue weighted by atomic mass is 16.3. The first-order valence-electron chi connectivity index (χ1n) is 8.88. The van der Waals surface area contributed by atoms with E-state index in [9.17, 15) is 24.6 Å². The van der Waals surface area contributed by atoms with Crippen molar-refractivity contribution in [2.75, 3.05) is 6.54 Å². The van der Waals surface area contributed by atoms with Crippen LogP contribution in [0.5, 0.6) is 5.75 Å². The monoisotopic (exact) mass is 379 g/mol. The molecule has 2 aromatic rings. The number of aliphatic hydroxyl groups excluding tert-OH is 1. The van der Waals surface area contributed by atoms with Crippen molar-refractivity contribution in [3.8, 4) is 5.75 Å². The van der Waals surface area contributed by atoms with E-state index in [-0.39, 0.29) is 41.2 Å². The zero-order chi connectivity index (χ0) is 20.5. The number of rotatable bonds is 5. The normalized spacial score (nSPS) is 14.1. The SMILES string of the molecule is CC(C)(CNC(=O)c1ccccc1O)CC1=C(O)c2ccccc2C(=O)C1=O. The number of hydrogen-bond donors (Lipinski definition) is 3. The summed E-state index contributed by atoms with van der Waals surface area (Å²) in [7, 11) is 0. The lowest BCUT2D eigenvalue weighted by molar-refractivity contribution is -0.112. The van der Waals surface area contributed by atoms with Crippen LogP contribution in [0.15, 0.2) is 54.1 Å². The third-order valence-electron chi connectivity index (χ3n) is 4.72. The van der Waals surface area contributed by atoms with Crippen molar-refractivity contribution in [1.82, 2.24) is 5.32 Å². The summed E-state index contributed by atoms with van der Waals surface area (Å²) in [5.41, 5.74) is 0.116. The molecule has 0 fully saturated rings. The number of amides is 1. The molecule has 2 aromatic carbocycles. The van der Waals surface area contributed by atoms with Crippen LogP contribution in [0, 0.1) is 5.41 Å². The lowest BCUT2D eigenvalue weighted by Gasteiger charge is -2.28. The molecule has 0 spiro atoms. The van der Waals surface area contributed by atoms with Crippen LogP contribution in [-0.4, -0.2) is 34.2 Å². The highest BCUT2D eigenvalue weighted by molar-refractivity contribution is 6.52. The molecule has 1 aliphatic rings. The lowest BCUT2D eigenvalue weighted by atomic mass is 9.79. The highest BCUT2D eigenvalue weighted by Gasteiger charge is 2.35. The Kier molecular flexibility index (Phi) is 5.05. The second-order valence-electron chi connectivity index (χ2n) is 7.57. The van der Waals surface area contributed by atoms with Gasteiger partial charge in [-0.2, -0.15) is 0 Å². The molecule has 0 bridgehead atoms. The number of Topliss-reactive ketones (excluding diaryl/α,β-unsaturated/α-hetero) is 2. The van der Waals surface area contributed by atoms with Gasteiger partial charge in [0.1, 0.15) is 11.5 Å². The molecule has 0 unspecified atom stereocenters. The number of allylic oxidation sites excluding steroid dienone is 1. The number of carbonyl (C=O) groups is 3. The molecule has 144 valence electrons. The van der Waals surface area contributed by atoms with Crippen LogP contribution in [0.4, 0.5) is 0 Å². The van der Waals surface area contributed by atoms with Crippen molar-refractivity contribution in [2.45, 2.75) is 20.3 Å². The average molecular weight is 379 g/mol. The van der Waals surface area contributed by atoms with Gasteiger partial charge in [-0.3, -0.25) is 14.4 Å². The van der Waals surface area contributed by atoms with Crippen molar-refractivity contribution < 1.29 is 24.6 Å². The van der Waals surface area contributed by atoms with E-state index in [0.717, 1.165) is 0 Å². The molecule has 28 heavy (non-hydrogen) atoms. The minimum Gasteiger partial charge on any atom is -0.507 e. The molecule has 3 N–H and O–H groups in total. The van der Waals surface area contributed by atoms with Crippen LogP contribution in [0.3, 0.4) is 0 Å². The summed E-state index contributed by atoms with van der Waals surface area (Å²) in [6.07, 6.45) is 0.110. The van der Waals surface area contributed by atoms with E-state index >= 15 is 0 Å². The number of aromatic hydroxyl groups is 1. The maximum Gasteiger partial charge on any atom is 0.255 e. The van der Waals surface area contributed by atoms with Crippen LogP contribution < -0.4 is 5.32 Å². The summed E-state index contributed by atoms with van der Waals surface area (Å²) in [6, 6.07) is 12.6. The molecule has 3 rings (SSSR count). The van der Waals surface area contributed by atoms with Gasteiger partial charge in [-0.15, -0.1) is 0 Å². The molecule has 1 aliphatic carbocycles. The van der Waals surface area contributed by atoms with E-state index in [2.05, 4.69) is 5.32 Å². The number of para-hydroxylation sites is 1. The van der Waals surface area contributed by atoms with Gasteiger partial charge >= 0.3 is 0 Å². The molecule has 0 radical (unpaired) electrons. The van der Waals surface area contributed by atoms with Crippen LogP contribution in [0.1, 0.15) is 46.5 Å². The molecular weight excluding hydrogens is 358 g/mol. The van der Waals surface area contributed by atoms with Gasteiger partial charge in [-0.05, 0) is 24.0 Å². The van der Waals surface area contributed by atoms with Crippen molar-refractivity contribution in [1.29, 1.82) is 0 Å². The predicted octanol–water partition coefficient (Wildman–Crippen LogP) is 3.27. The standard InChI is InChI=1S/C22H21NO5/c1-22(2,12-23-21(28)15-9-5-6-10-17(15)24)11-16-18(25)13-7-3-4-8-14(13)19(26)20(16)27/h3-10,24-25H,11-12H2,1-2H3,(H,23,28). The summed E-state index contributed by atoms with van der Waals surface area (Å²) in [6.45, 7) is 3.81. The highest BCUT2D eigenvalue weighted by Crippen LogP contribution is 2.34. The number of carbonyl (C=O) groups excluding carboxylic acids is 3. The second kappa shape index (κ2) is 7.31. The van der Waals surface area contributed by atoms with Crippen molar-refractivity contribution in [3.63, 3.8) is 0 Å². The molecule has 0 saturated heterocycles. The van der Waals surface area contributed by atoms with Gasteiger partial charge in [0.15, 0.2) is 0 Å². The first-order chi connectivity index (χ1) is 13.2. The van der Waals surface area contributed by atoms with Gasteiger partial charge in [0, 0.05) is 23.2 Å². The van der Waals surface area contributed by atoms with Crippen LogP contribution >= 0.6 is 0 Å². The van der Waals surface area contributed by atoms with Crippen molar-refractivity contribution >= 4 is 23.2 Å². The fourth-order valence-corrected chi connectivity index (χ4v) is 3.20. The number of nitrogens with one attached hydrogen (secondary N) is 1. The molecule has 6 heteroatoms. The Morgan fingerprint density at radius 2 is 1.54 bits per heavy atom. The zero-order valence-electron chi connectivity index (χ0n) is 15.7. The number of fused-ring (bicyclic) bond motifs is 1. The average Bonchev–Trinajstić information content (AvgIpc) is 2.68. The summed E-state index contributed by atoms with van der Waals surface area (Å²) >= 11 is 0. The van der Waals surface area contributed by atoms with Crippen molar-refractivity contribution in [2.24, 2.45) is 5.41 Å². The smallest absolute Gasteiger partial charge is 0.255 e. The largest absolute Gasteiger partial charge is 0.507 e. The third kappa shape index (κ3) is 3.67. The number of phenolic OH excluding ortho intramolecular Hbond substituents is 1. The number of hydrogen-bond acceptors (Lipinski definition) is 5. The Bertz CT molecular complexity index is 1000. The van der Waals surface area contributed by atoms with E-state index in [4.69, 9.17) is 0 Å². The Morgan fingerprint density at radius 3 is 2.21 bits per heavy atom. The maximum atomic E-state index is 12.5. The number of benzene rings is 2. The lowest BCUT2D eigenvalue weighted by Crippen LogP contribution is -2.36. The van der Waals surface area contributed by atoms with Gasteiger partial charge in [0.05, 0.1) is 5.56 Å². The molecule has 0 aromatic heterocycles. The van der Waals surface area contributed by atoms with Crippen molar-refractivity contribution in [3.05, 3.63) is 70.8 Å². The van der Waals surface area contributed by atoms with Crippen LogP contribution in [0.25, 0.3) is 5.76 Å². The van der Waals surface area contributed by atoms with Gasteiger partial charge in [-0.25, -0.2) is 0 Å². The number of phenols is 1. The fraction of sp³-hybridized carbons (Fsp3) is 0.227. The Hall–Kier alpha value is -3.41. The Morgan fingerprint density at radius 1 is 0.929 bits per heavy atom. The fourth-order valence-electron chi connectivity index (χ4n) is 3.20. The molecule has 0 heterocycles.